The smallest absolute Gasteiger partial charge is 0.283 e. The average Bonchev–Trinajstić information content (AvgIpc) is 2.90. The Balaban J connectivity index is 1.48. The van der Waals surface area contributed by atoms with Gasteiger partial charge in [0.1, 0.15) is 22.8 Å². The highest BCUT2D eigenvalue weighted by atomic mass is 35.5. The first-order valence-electron chi connectivity index (χ1n) is 11.4. The molecule has 12 heteroatoms. The van der Waals surface area contributed by atoms with Crippen LogP contribution in [0, 0.1) is 11.8 Å². The van der Waals surface area contributed by atoms with Gasteiger partial charge in [-0.3, -0.25) is 9.78 Å². The second kappa shape index (κ2) is 9.03. The monoisotopic (exact) mass is 534 g/mol. The molecule has 0 saturated carbocycles. The Bertz CT molecular complexity index is 1630. The van der Waals surface area contributed by atoms with Gasteiger partial charge in [0.2, 0.25) is 0 Å². The van der Waals surface area contributed by atoms with Crippen molar-refractivity contribution in [3.05, 3.63) is 94.7 Å². The molecule has 3 N–H and O–H groups in total. The number of nitrogens with one attached hydrogen (secondary N) is 1. The number of benzene rings is 1. The highest BCUT2D eigenvalue weighted by Crippen LogP contribution is 2.53. The Hall–Kier alpha value is -4.64. The number of ether oxygens (including phenoxy) is 2. The van der Waals surface area contributed by atoms with Crippen LogP contribution in [0.3, 0.4) is 0 Å². The number of pyridine rings is 3. The molecule has 1 aromatic carbocycles. The summed E-state index contributed by atoms with van der Waals surface area (Å²) in [6.07, 6.45) is 4.06. The Morgan fingerprint density at radius 3 is 2.71 bits per heavy atom. The van der Waals surface area contributed by atoms with Crippen LogP contribution < -0.4 is 15.8 Å². The fourth-order valence-electron chi connectivity index (χ4n) is 4.56. The molecule has 9 nitrogen and oxygen atoms in total. The van der Waals surface area contributed by atoms with E-state index in [1.807, 2.05) is 0 Å². The quantitative estimate of drug-likeness (QED) is 0.361. The summed E-state index contributed by atoms with van der Waals surface area (Å²) in [4.78, 5) is 29.2. The number of carbonyl (C=O) groups is 1. The predicted molar refractivity (Wildman–Crippen MR) is 134 cm³/mol. The van der Waals surface area contributed by atoms with Crippen molar-refractivity contribution in [1.82, 2.24) is 15.0 Å². The molecule has 2 aliphatic rings. The summed E-state index contributed by atoms with van der Waals surface area (Å²) >= 11 is 5.87. The molecular formula is C26H17ClF2N6O3. The third-order valence-electron chi connectivity index (χ3n) is 6.25. The number of aliphatic imine (C=N–C) groups is 1. The molecule has 5 heterocycles. The average molecular weight is 535 g/mol. The van der Waals surface area contributed by atoms with Crippen LogP contribution in [-0.2, 0) is 10.3 Å². The van der Waals surface area contributed by atoms with Crippen molar-refractivity contribution in [3.63, 3.8) is 0 Å². The highest BCUT2D eigenvalue weighted by molar-refractivity contribution is 6.30. The van der Waals surface area contributed by atoms with Crippen molar-refractivity contribution >= 4 is 29.2 Å². The number of fused-ring (bicyclic) bond motifs is 4. The molecular weight excluding hydrogens is 518 g/mol. The zero-order valence-electron chi connectivity index (χ0n) is 19.4. The lowest BCUT2D eigenvalue weighted by Crippen LogP contribution is -2.39. The van der Waals surface area contributed by atoms with Crippen LogP contribution in [0.1, 0.15) is 28.0 Å². The summed E-state index contributed by atoms with van der Waals surface area (Å²) in [7, 11) is 0. The normalized spacial score (nSPS) is 17.5. The van der Waals surface area contributed by atoms with E-state index in [-0.39, 0.29) is 41.8 Å². The van der Waals surface area contributed by atoms with Gasteiger partial charge in [0.05, 0.1) is 23.5 Å². The number of carbonyl (C=O) groups excluding carboxylic acids is 1. The van der Waals surface area contributed by atoms with Crippen molar-refractivity contribution in [2.24, 2.45) is 10.7 Å². The van der Waals surface area contributed by atoms with Gasteiger partial charge in [-0.25, -0.2) is 19.4 Å². The van der Waals surface area contributed by atoms with Crippen LogP contribution in [-0.4, -0.2) is 33.5 Å². The molecule has 0 saturated heterocycles. The second-order valence-electron chi connectivity index (χ2n) is 8.60. The maximum absolute atomic E-state index is 15.4. The molecule has 1 amide bonds. The number of nitrogens with two attached hydrogens (primary N) is 1. The third kappa shape index (κ3) is 4.06. The van der Waals surface area contributed by atoms with Crippen LogP contribution >= 0.6 is 11.6 Å². The fourth-order valence-corrected chi connectivity index (χ4v) is 4.67. The lowest BCUT2D eigenvalue weighted by atomic mass is 9.77. The maximum Gasteiger partial charge on any atom is 0.283 e. The Morgan fingerprint density at radius 1 is 1.08 bits per heavy atom. The molecule has 0 bridgehead atoms. The van der Waals surface area contributed by atoms with Crippen molar-refractivity contribution in [3.8, 4) is 22.8 Å². The van der Waals surface area contributed by atoms with Crippen molar-refractivity contribution in [2.45, 2.75) is 12.0 Å². The van der Waals surface area contributed by atoms with E-state index in [0.29, 0.717) is 27.6 Å². The van der Waals surface area contributed by atoms with E-state index in [9.17, 15) is 9.18 Å². The summed E-state index contributed by atoms with van der Waals surface area (Å²) in [5.74, 6) is -1.79. The first-order valence-corrected chi connectivity index (χ1v) is 11.8. The minimum Gasteiger partial charge on any atom is -0.465 e. The fraction of sp³-hybridized carbons (Fsp3) is 0.115. The first kappa shape index (κ1) is 23.7. The van der Waals surface area contributed by atoms with Crippen LogP contribution in [0.4, 0.5) is 14.5 Å². The second-order valence-corrected chi connectivity index (χ2v) is 9.04. The molecule has 2 aliphatic heterocycles. The van der Waals surface area contributed by atoms with Gasteiger partial charge in [0, 0.05) is 41.2 Å². The van der Waals surface area contributed by atoms with E-state index in [2.05, 4.69) is 25.3 Å². The summed E-state index contributed by atoms with van der Waals surface area (Å²) < 4.78 is 40.6. The van der Waals surface area contributed by atoms with E-state index in [1.165, 1.54) is 24.5 Å². The molecule has 0 unspecified atom stereocenters. The van der Waals surface area contributed by atoms with Gasteiger partial charge in [0.25, 0.3) is 17.9 Å². The number of nitrogens with zero attached hydrogens (tertiary/aromatic N) is 4. The molecule has 190 valence electrons. The molecule has 0 aliphatic carbocycles. The SMILES string of the molecule is NC1=N[C@@]2(CCO1)c1cc(NC(=O)c3ccc(Cl)cn3)ccc1Oc1c2cc(-c2cncc(F)c2)nc1F. The maximum atomic E-state index is 15.4. The number of rotatable bonds is 3. The summed E-state index contributed by atoms with van der Waals surface area (Å²) in [6, 6.07) is 10.6. The van der Waals surface area contributed by atoms with Crippen molar-refractivity contribution in [1.29, 1.82) is 0 Å². The molecule has 3 aromatic heterocycles. The zero-order chi connectivity index (χ0) is 26.4. The van der Waals surface area contributed by atoms with E-state index in [0.717, 1.165) is 6.20 Å². The number of halogens is 3. The number of aromatic nitrogens is 3. The van der Waals surface area contributed by atoms with E-state index in [4.69, 9.17) is 26.8 Å². The largest absolute Gasteiger partial charge is 0.465 e. The molecule has 0 radical (unpaired) electrons. The number of hydrogen-bond acceptors (Lipinski definition) is 8. The topological polar surface area (TPSA) is 125 Å². The first-order chi connectivity index (χ1) is 18.3. The van der Waals surface area contributed by atoms with Crippen LogP contribution in [0.2, 0.25) is 5.02 Å². The molecule has 38 heavy (non-hydrogen) atoms. The number of amidine groups is 1. The molecule has 6 rings (SSSR count). The summed E-state index contributed by atoms with van der Waals surface area (Å²) in [6.45, 7) is 0.181. The van der Waals surface area contributed by atoms with Gasteiger partial charge < -0.3 is 20.5 Å². The van der Waals surface area contributed by atoms with Crippen LogP contribution in [0.15, 0.2) is 66.0 Å². The molecule has 1 spiro atoms. The van der Waals surface area contributed by atoms with Crippen molar-refractivity contribution in [2.75, 3.05) is 11.9 Å². The van der Waals surface area contributed by atoms with Crippen LogP contribution in [0.5, 0.6) is 11.5 Å². The Morgan fingerprint density at radius 2 is 1.95 bits per heavy atom. The van der Waals surface area contributed by atoms with E-state index in [1.54, 1.807) is 30.3 Å². The lowest BCUT2D eigenvalue weighted by Gasteiger charge is -2.39. The minimum atomic E-state index is -1.23. The van der Waals surface area contributed by atoms with E-state index >= 15 is 4.39 Å². The summed E-state index contributed by atoms with van der Waals surface area (Å²) in [5.41, 5.74) is 6.60. The minimum absolute atomic E-state index is 0.0963. The summed E-state index contributed by atoms with van der Waals surface area (Å²) in [5, 5.41) is 3.19. The lowest BCUT2D eigenvalue weighted by molar-refractivity contribution is 0.102. The zero-order valence-corrected chi connectivity index (χ0v) is 20.2. The van der Waals surface area contributed by atoms with Gasteiger partial charge in [-0.05, 0) is 42.5 Å². The van der Waals surface area contributed by atoms with Gasteiger partial charge in [-0.2, -0.15) is 4.39 Å². The molecule has 0 fully saturated rings. The molecule has 1 atom stereocenters. The van der Waals surface area contributed by atoms with Gasteiger partial charge >= 0.3 is 0 Å². The highest BCUT2D eigenvalue weighted by Gasteiger charge is 2.46. The van der Waals surface area contributed by atoms with Gasteiger partial charge in [-0.1, -0.05) is 11.6 Å². The van der Waals surface area contributed by atoms with E-state index < -0.39 is 23.2 Å². The standard InChI is InChI=1S/C26H17ClF2N6O3/c27-14-1-3-19(32-11-14)24(36)33-16-2-4-21-17(8-16)26(5-6-37-25(30)35-26)18-9-20(34-23(29)22(18)38-21)13-7-15(28)12-31-10-13/h1-4,7-12H,5-6H2,(H2,30,35)(H,33,36)/t26-/m0/s1. The Labute approximate surface area is 219 Å². The van der Waals surface area contributed by atoms with Gasteiger partial charge in [-0.15, -0.1) is 0 Å². The van der Waals surface area contributed by atoms with Crippen molar-refractivity contribution < 1.29 is 23.0 Å². The van der Waals surface area contributed by atoms with Crippen LogP contribution in [0.25, 0.3) is 11.3 Å². The number of hydrogen-bond donors (Lipinski definition) is 2. The third-order valence-corrected chi connectivity index (χ3v) is 6.47. The number of amides is 1. The molecule has 4 aromatic rings. The number of anilines is 1. The van der Waals surface area contributed by atoms with Gasteiger partial charge in [0.15, 0.2) is 5.75 Å². The predicted octanol–water partition coefficient (Wildman–Crippen LogP) is 4.81. The Kier molecular flexibility index (Phi) is 5.64.